The van der Waals surface area contributed by atoms with E-state index in [2.05, 4.69) is 38.2 Å². The van der Waals surface area contributed by atoms with Gasteiger partial charge in [-0.05, 0) is 84.0 Å². The molecule has 0 radical (unpaired) electrons. The van der Waals surface area contributed by atoms with E-state index in [1.807, 2.05) is 79.4 Å². The number of halogens is 1. The molecule has 0 aliphatic carbocycles. The molecule has 1 atom stereocenters. The van der Waals surface area contributed by atoms with Gasteiger partial charge in [0.25, 0.3) is 5.91 Å². The second-order valence-corrected chi connectivity index (χ2v) is 11.9. The zero-order valence-electron chi connectivity index (χ0n) is 25.4. The number of hydrogen-bond donors (Lipinski definition) is 2. The van der Waals surface area contributed by atoms with Crippen LogP contribution in [-0.2, 0) is 16.6 Å². The van der Waals surface area contributed by atoms with Gasteiger partial charge in [0.1, 0.15) is 17.5 Å². The van der Waals surface area contributed by atoms with Crippen molar-refractivity contribution in [3.63, 3.8) is 0 Å². The molecule has 4 aromatic rings. The summed E-state index contributed by atoms with van der Waals surface area (Å²) in [6.45, 7) is 11.9. The Balaban J connectivity index is 1.46. The topological polar surface area (TPSA) is 78.9 Å². The molecule has 0 aromatic heterocycles. The number of carbonyl (C=O) groups excluding carboxylic acids is 1. The molecule has 0 aliphatic heterocycles. The summed E-state index contributed by atoms with van der Waals surface area (Å²) < 4.78 is 6.11. The highest BCUT2D eigenvalue weighted by Crippen LogP contribution is 2.30. The average Bonchev–Trinajstić information content (AvgIpc) is 2.98. The van der Waals surface area contributed by atoms with E-state index in [4.69, 9.17) is 16.3 Å². The minimum absolute atomic E-state index is 0.0751. The minimum atomic E-state index is -1.11. The van der Waals surface area contributed by atoms with Crippen molar-refractivity contribution in [2.24, 2.45) is 0 Å². The van der Waals surface area contributed by atoms with E-state index in [0.29, 0.717) is 29.4 Å². The van der Waals surface area contributed by atoms with Crippen LogP contribution in [0.15, 0.2) is 91.0 Å². The second-order valence-electron chi connectivity index (χ2n) is 11.5. The summed E-state index contributed by atoms with van der Waals surface area (Å²) in [5, 5.41) is 13.0. The second kappa shape index (κ2) is 13.8. The van der Waals surface area contributed by atoms with Crippen molar-refractivity contribution in [3.8, 4) is 22.6 Å². The van der Waals surface area contributed by atoms with Gasteiger partial charge in [0.05, 0.1) is 5.56 Å². The standard InChI is InChI=1S/C36H39ClN2O4/c1-6-39(7-2)33-20-17-28(37)23-31(33)34(40)38-32(35(41)42)21-24-11-13-25(14-12-24)26-9-8-10-30(22-26)43-29-18-15-27(16-19-29)36(3,4)5/h8-20,22-23,32H,6-7,21H2,1-5H3,(H,38,40)(H,41,42)/t32-/m0/s1. The highest BCUT2D eigenvalue weighted by molar-refractivity contribution is 6.31. The number of nitrogens with zero attached hydrogens (tertiary/aromatic N) is 1. The summed E-state index contributed by atoms with van der Waals surface area (Å²) in [7, 11) is 0. The Labute approximate surface area is 259 Å². The smallest absolute Gasteiger partial charge is 0.326 e. The first-order valence-corrected chi connectivity index (χ1v) is 14.9. The van der Waals surface area contributed by atoms with Crippen molar-refractivity contribution in [3.05, 3.63) is 113 Å². The first kappa shape index (κ1) is 31.6. The van der Waals surface area contributed by atoms with Crippen molar-refractivity contribution in [1.29, 1.82) is 0 Å². The zero-order chi connectivity index (χ0) is 31.1. The van der Waals surface area contributed by atoms with Gasteiger partial charge in [0.2, 0.25) is 0 Å². The summed E-state index contributed by atoms with van der Waals surface area (Å²) in [5.74, 6) is -0.0874. The molecule has 0 heterocycles. The summed E-state index contributed by atoms with van der Waals surface area (Å²) in [5.41, 5.74) is 5.12. The number of rotatable bonds is 11. The van der Waals surface area contributed by atoms with Crippen molar-refractivity contribution >= 4 is 29.2 Å². The van der Waals surface area contributed by atoms with Crippen LogP contribution in [0.4, 0.5) is 5.69 Å². The Kier molecular flexibility index (Phi) is 10.1. The number of carboxylic acid groups (broad SMARTS) is 1. The lowest BCUT2D eigenvalue weighted by Crippen LogP contribution is -2.42. The number of aliphatic carboxylic acids is 1. The lowest BCUT2D eigenvalue weighted by molar-refractivity contribution is -0.139. The lowest BCUT2D eigenvalue weighted by Gasteiger charge is -2.24. The number of nitrogens with one attached hydrogen (secondary N) is 1. The Morgan fingerprint density at radius 3 is 2.14 bits per heavy atom. The van der Waals surface area contributed by atoms with Crippen LogP contribution < -0.4 is 15.0 Å². The highest BCUT2D eigenvalue weighted by Gasteiger charge is 2.24. The molecule has 0 saturated carbocycles. The van der Waals surface area contributed by atoms with Crippen LogP contribution in [0.1, 0.15) is 56.1 Å². The molecule has 0 fully saturated rings. The number of carboxylic acids is 1. The molecule has 0 spiro atoms. The van der Waals surface area contributed by atoms with E-state index in [0.717, 1.165) is 28.2 Å². The Hall–Kier alpha value is -4.29. The molecule has 1 amide bonds. The molecule has 0 unspecified atom stereocenters. The van der Waals surface area contributed by atoms with Gasteiger partial charge in [0.15, 0.2) is 0 Å². The van der Waals surface area contributed by atoms with Gasteiger partial charge < -0.3 is 20.1 Å². The van der Waals surface area contributed by atoms with Gasteiger partial charge in [-0.1, -0.05) is 80.9 Å². The molecule has 4 rings (SSSR count). The van der Waals surface area contributed by atoms with Crippen LogP contribution >= 0.6 is 11.6 Å². The molecule has 224 valence electrons. The highest BCUT2D eigenvalue weighted by atomic mass is 35.5. The van der Waals surface area contributed by atoms with Crippen LogP contribution in [0.25, 0.3) is 11.1 Å². The van der Waals surface area contributed by atoms with Gasteiger partial charge >= 0.3 is 5.97 Å². The first-order valence-electron chi connectivity index (χ1n) is 14.5. The normalized spacial score (nSPS) is 12.0. The largest absolute Gasteiger partial charge is 0.480 e. The number of ether oxygens (including phenoxy) is 1. The molecule has 0 aliphatic rings. The summed E-state index contributed by atoms with van der Waals surface area (Å²) >= 11 is 6.19. The van der Waals surface area contributed by atoms with Gasteiger partial charge in [-0.25, -0.2) is 4.79 Å². The fourth-order valence-corrected chi connectivity index (χ4v) is 5.11. The Morgan fingerprint density at radius 1 is 0.860 bits per heavy atom. The molecule has 2 N–H and O–H groups in total. The number of carbonyl (C=O) groups is 2. The van der Waals surface area contributed by atoms with Gasteiger partial charge in [-0.3, -0.25) is 4.79 Å². The van der Waals surface area contributed by atoms with Crippen molar-refractivity contribution in [2.45, 2.75) is 52.5 Å². The maximum Gasteiger partial charge on any atom is 0.326 e. The monoisotopic (exact) mass is 598 g/mol. The van der Waals surface area contributed by atoms with E-state index in [-0.39, 0.29) is 11.8 Å². The van der Waals surface area contributed by atoms with E-state index >= 15 is 0 Å². The SMILES string of the molecule is CCN(CC)c1ccc(Cl)cc1C(=O)N[C@@H](Cc1ccc(-c2cccc(Oc3ccc(C(C)(C)C)cc3)c2)cc1)C(=O)O. The Bertz CT molecular complexity index is 1560. The third-order valence-electron chi connectivity index (χ3n) is 7.43. The fraction of sp³-hybridized carbons (Fsp3) is 0.278. The maximum absolute atomic E-state index is 13.2. The quantitative estimate of drug-likeness (QED) is 0.181. The number of hydrogen-bond acceptors (Lipinski definition) is 4. The predicted octanol–water partition coefficient (Wildman–Crippen LogP) is 8.37. The molecular weight excluding hydrogens is 560 g/mol. The predicted molar refractivity (Wildman–Crippen MR) is 175 cm³/mol. The Morgan fingerprint density at radius 2 is 1.53 bits per heavy atom. The average molecular weight is 599 g/mol. The van der Waals surface area contributed by atoms with Crippen molar-refractivity contribution < 1.29 is 19.4 Å². The van der Waals surface area contributed by atoms with Crippen LogP contribution in [0.5, 0.6) is 11.5 Å². The summed E-state index contributed by atoms with van der Waals surface area (Å²) in [6, 6.07) is 27.6. The zero-order valence-corrected chi connectivity index (χ0v) is 26.1. The van der Waals surface area contributed by atoms with Crippen LogP contribution in [0.3, 0.4) is 0 Å². The van der Waals surface area contributed by atoms with Gasteiger partial charge in [0, 0.05) is 30.2 Å². The minimum Gasteiger partial charge on any atom is -0.480 e. The fourth-order valence-electron chi connectivity index (χ4n) is 4.93. The maximum atomic E-state index is 13.2. The molecular formula is C36H39ClN2O4. The molecule has 0 bridgehead atoms. The van der Waals surface area contributed by atoms with Crippen molar-refractivity contribution in [1.82, 2.24) is 5.32 Å². The van der Waals surface area contributed by atoms with Crippen LogP contribution in [-0.4, -0.2) is 36.1 Å². The van der Waals surface area contributed by atoms with Gasteiger partial charge in [-0.15, -0.1) is 0 Å². The first-order chi connectivity index (χ1) is 20.5. The van der Waals surface area contributed by atoms with Crippen molar-refractivity contribution in [2.75, 3.05) is 18.0 Å². The number of benzene rings is 4. The molecule has 4 aromatic carbocycles. The van der Waals surface area contributed by atoms with E-state index in [9.17, 15) is 14.7 Å². The van der Waals surface area contributed by atoms with Crippen LogP contribution in [0, 0.1) is 0 Å². The van der Waals surface area contributed by atoms with E-state index in [1.54, 1.807) is 18.2 Å². The lowest BCUT2D eigenvalue weighted by atomic mass is 9.87. The molecule has 7 heteroatoms. The van der Waals surface area contributed by atoms with E-state index < -0.39 is 17.9 Å². The molecule has 43 heavy (non-hydrogen) atoms. The van der Waals surface area contributed by atoms with Crippen LogP contribution in [0.2, 0.25) is 5.02 Å². The summed E-state index contributed by atoms with van der Waals surface area (Å²) in [6.07, 6.45) is 0.135. The molecule has 6 nitrogen and oxygen atoms in total. The third kappa shape index (κ3) is 8.17. The molecule has 0 saturated heterocycles. The third-order valence-corrected chi connectivity index (χ3v) is 7.66. The number of amides is 1. The summed E-state index contributed by atoms with van der Waals surface area (Å²) in [4.78, 5) is 27.4. The van der Waals surface area contributed by atoms with Gasteiger partial charge in [-0.2, -0.15) is 0 Å². The number of anilines is 1. The van der Waals surface area contributed by atoms with E-state index in [1.165, 1.54) is 5.56 Å².